The van der Waals surface area contributed by atoms with E-state index in [1.807, 2.05) is 0 Å². The first kappa shape index (κ1) is 10.8. The number of hydrogen-bond donors (Lipinski definition) is 0. The van der Waals surface area contributed by atoms with Gasteiger partial charge in [0.05, 0.1) is 0 Å². The fourth-order valence-corrected chi connectivity index (χ4v) is 1.35. The lowest BCUT2D eigenvalue weighted by Gasteiger charge is -2.13. The lowest BCUT2D eigenvalue weighted by Crippen LogP contribution is -2.08. The molecular formula is C13H19N. The van der Waals surface area contributed by atoms with Gasteiger partial charge < -0.3 is 4.90 Å². The number of allylic oxidation sites excluding steroid dienone is 1. The number of rotatable bonds is 4. The Labute approximate surface area is 87.1 Å². The maximum atomic E-state index is 3.92. The van der Waals surface area contributed by atoms with Crippen LogP contribution in [-0.2, 0) is 6.42 Å². The van der Waals surface area contributed by atoms with Gasteiger partial charge in [-0.25, -0.2) is 0 Å². The average molecular weight is 189 g/mol. The summed E-state index contributed by atoms with van der Waals surface area (Å²) in [6, 6.07) is 8.66. The summed E-state index contributed by atoms with van der Waals surface area (Å²) in [6.45, 7) is 6.00. The van der Waals surface area contributed by atoms with Crippen LogP contribution < -0.4 is 4.90 Å². The van der Waals surface area contributed by atoms with Gasteiger partial charge in [-0.2, -0.15) is 0 Å². The summed E-state index contributed by atoms with van der Waals surface area (Å²) in [5, 5.41) is 0. The zero-order valence-electron chi connectivity index (χ0n) is 9.38. The smallest absolute Gasteiger partial charge is 0.0363 e. The Hall–Kier alpha value is -1.24. The summed E-state index contributed by atoms with van der Waals surface area (Å²) < 4.78 is 0. The summed E-state index contributed by atoms with van der Waals surface area (Å²) in [5.74, 6) is 0. The summed E-state index contributed by atoms with van der Waals surface area (Å²) >= 11 is 0. The van der Waals surface area contributed by atoms with Crippen molar-refractivity contribution in [2.24, 2.45) is 0 Å². The van der Waals surface area contributed by atoms with E-state index in [-0.39, 0.29) is 0 Å². The third kappa shape index (κ3) is 3.25. The third-order valence-electron chi connectivity index (χ3n) is 2.27. The molecule has 1 rings (SSSR count). The van der Waals surface area contributed by atoms with E-state index in [0.29, 0.717) is 0 Å². The fourth-order valence-electron chi connectivity index (χ4n) is 1.35. The monoisotopic (exact) mass is 189 g/mol. The van der Waals surface area contributed by atoms with Crippen LogP contribution in [0.4, 0.5) is 5.69 Å². The molecule has 0 aliphatic rings. The van der Waals surface area contributed by atoms with Gasteiger partial charge in [-0.3, -0.25) is 0 Å². The van der Waals surface area contributed by atoms with Crippen LogP contribution in [0.5, 0.6) is 0 Å². The minimum absolute atomic E-state index is 1.08. The molecule has 0 radical (unpaired) electrons. The number of nitrogens with zero attached hydrogens (tertiary/aromatic N) is 1. The highest BCUT2D eigenvalue weighted by atomic mass is 15.1. The molecule has 0 spiro atoms. The molecule has 76 valence electrons. The van der Waals surface area contributed by atoms with Gasteiger partial charge in [-0.05, 0) is 37.5 Å². The second-order valence-electron chi connectivity index (χ2n) is 4.02. The zero-order valence-corrected chi connectivity index (χ0v) is 9.38. The van der Waals surface area contributed by atoms with Crippen LogP contribution in [0, 0.1) is 0 Å². The predicted molar refractivity (Wildman–Crippen MR) is 63.9 cm³/mol. The van der Waals surface area contributed by atoms with Crippen molar-refractivity contribution < 1.29 is 0 Å². The molecule has 1 aromatic rings. The van der Waals surface area contributed by atoms with Gasteiger partial charge in [0, 0.05) is 19.8 Å². The minimum Gasteiger partial charge on any atom is -0.378 e. The maximum Gasteiger partial charge on any atom is 0.0363 e. The Bertz CT molecular complexity index is 313. The zero-order chi connectivity index (χ0) is 10.6. The van der Waals surface area contributed by atoms with Crippen LogP contribution in [0.1, 0.15) is 18.9 Å². The fraction of sp³-hybridized carbons (Fsp3) is 0.385. The number of hydrogen-bond acceptors (Lipinski definition) is 1. The van der Waals surface area contributed by atoms with Crippen LogP contribution in [0.2, 0.25) is 0 Å². The Morgan fingerprint density at radius 2 is 2.07 bits per heavy atom. The molecule has 0 amide bonds. The van der Waals surface area contributed by atoms with E-state index in [2.05, 4.69) is 56.8 Å². The Morgan fingerprint density at radius 1 is 1.36 bits per heavy atom. The van der Waals surface area contributed by atoms with Gasteiger partial charge in [0.15, 0.2) is 0 Å². The van der Waals surface area contributed by atoms with Crippen molar-refractivity contribution in [3.05, 3.63) is 42.0 Å². The van der Waals surface area contributed by atoms with E-state index in [0.717, 1.165) is 12.8 Å². The number of aryl methyl sites for hydroxylation is 1. The molecular weight excluding hydrogens is 170 g/mol. The third-order valence-corrected chi connectivity index (χ3v) is 2.27. The van der Waals surface area contributed by atoms with Crippen molar-refractivity contribution in [3.8, 4) is 0 Å². The normalized spacial score (nSPS) is 9.93. The topological polar surface area (TPSA) is 3.24 Å². The summed E-state index contributed by atoms with van der Waals surface area (Å²) in [6.07, 6.45) is 2.17. The second kappa shape index (κ2) is 4.85. The summed E-state index contributed by atoms with van der Waals surface area (Å²) in [5.41, 5.74) is 3.91. The maximum absolute atomic E-state index is 3.92. The highest BCUT2D eigenvalue weighted by molar-refractivity contribution is 5.47. The highest BCUT2D eigenvalue weighted by Gasteiger charge is 1.97. The van der Waals surface area contributed by atoms with Crippen molar-refractivity contribution in [3.63, 3.8) is 0 Å². The Balaban J connectivity index is 2.68. The summed E-state index contributed by atoms with van der Waals surface area (Å²) in [4.78, 5) is 2.13. The molecule has 0 atom stereocenters. The summed E-state index contributed by atoms with van der Waals surface area (Å²) in [7, 11) is 4.13. The molecule has 0 saturated carbocycles. The standard InChI is InChI=1S/C13H19N/c1-11(2)8-9-12-6-5-7-13(10-12)14(3)4/h5-7,10H,1,8-9H2,2-4H3. The molecule has 1 nitrogen and oxygen atoms in total. The van der Waals surface area contributed by atoms with Gasteiger partial charge in [0.2, 0.25) is 0 Å². The lowest BCUT2D eigenvalue weighted by molar-refractivity contribution is 0.943. The van der Waals surface area contributed by atoms with E-state index in [9.17, 15) is 0 Å². The molecule has 0 aliphatic carbocycles. The van der Waals surface area contributed by atoms with E-state index in [1.165, 1.54) is 16.8 Å². The Kier molecular flexibility index (Phi) is 3.75. The lowest BCUT2D eigenvalue weighted by atomic mass is 10.1. The molecule has 0 saturated heterocycles. The molecule has 1 aromatic carbocycles. The molecule has 0 aliphatic heterocycles. The molecule has 0 fully saturated rings. The van der Waals surface area contributed by atoms with E-state index in [4.69, 9.17) is 0 Å². The van der Waals surface area contributed by atoms with Crippen LogP contribution in [-0.4, -0.2) is 14.1 Å². The molecule has 0 N–H and O–H groups in total. The van der Waals surface area contributed by atoms with Gasteiger partial charge in [-0.1, -0.05) is 17.7 Å². The first-order valence-corrected chi connectivity index (χ1v) is 5.00. The molecule has 0 bridgehead atoms. The predicted octanol–water partition coefficient (Wildman–Crippen LogP) is 3.26. The van der Waals surface area contributed by atoms with Crippen LogP contribution in [0.15, 0.2) is 36.4 Å². The van der Waals surface area contributed by atoms with Crippen molar-refractivity contribution in [2.45, 2.75) is 19.8 Å². The van der Waals surface area contributed by atoms with Crippen LogP contribution >= 0.6 is 0 Å². The van der Waals surface area contributed by atoms with Crippen molar-refractivity contribution in [1.82, 2.24) is 0 Å². The van der Waals surface area contributed by atoms with E-state index in [1.54, 1.807) is 0 Å². The SMILES string of the molecule is C=C(C)CCc1cccc(N(C)C)c1. The minimum atomic E-state index is 1.08. The molecule has 14 heavy (non-hydrogen) atoms. The second-order valence-corrected chi connectivity index (χ2v) is 4.02. The molecule has 0 unspecified atom stereocenters. The van der Waals surface area contributed by atoms with Crippen molar-refractivity contribution in [1.29, 1.82) is 0 Å². The molecule has 0 heterocycles. The van der Waals surface area contributed by atoms with E-state index >= 15 is 0 Å². The van der Waals surface area contributed by atoms with Gasteiger partial charge in [0.25, 0.3) is 0 Å². The molecule has 0 aromatic heterocycles. The van der Waals surface area contributed by atoms with Gasteiger partial charge in [0.1, 0.15) is 0 Å². The first-order chi connectivity index (χ1) is 6.59. The quantitative estimate of drug-likeness (QED) is 0.657. The van der Waals surface area contributed by atoms with Crippen LogP contribution in [0.25, 0.3) is 0 Å². The van der Waals surface area contributed by atoms with Crippen molar-refractivity contribution in [2.75, 3.05) is 19.0 Å². The highest BCUT2D eigenvalue weighted by Crippen LogP contribution is 2.15. The number of anilines is 1. The largest absolute Gasteiger partial charge is 0.378 e. The molecule has 1 heteroatoms. The van der Waals surface area contributed by atoms with E-state index < -0.39 is 0 Å². The van der Waals surface area contributed by atoms with Gasteiger partial charge >= 0.3 is 0 Å². The van der Waals surface area contributed by atoms with Crippen molar-refractivity contribution >= 4 is 5.69 Å². The van der Waals surface area contributed by atoms with Gasteiger partial charge in [-0.15, -0.1) is 6.58 Å². The number of benzene rings is 1. The first-order valence-electron chi connectivity index (χ1n) is 5.00. The average Bonchev–Trinajstić information content (AvgIpc) is 2.15. The Morgan fingerprint density at radius 3 is 2.64 bits per heavy atom. The van der Waals surface area contributed by atoms with Crippen LogP contribution in [0.3, 0.4) is 0 Å².